The maximum absolute atomic E-state index is 13.7. The molecule has 2 aromatic carbocycles. The van der Waals surface area contributed by atoms with E-state index in [2.05, 4.69) is 30.0 Å². The molecule has 28 heavy (non-hydrogen) atoms. The smallest absolute Gasteiger partial charge is 0.210 e. The lowest BCUT2D eigenvalue weighted by molar-refractivity contribution is 0.593. The van der Waals surface area contributed by atoms with Crippen molar-refractivity contribution in [2.24, 2.45) is 0 Å². The summed E-state index contributed by atoms with van der Waals surface area (Å²) in [5, 5.41) is 1.60. The van der Waals surface area contributed by atoms with E-state index in [0.29, 0.717) is 0 Å². The molecule has 0 aliphatic heterocycles. The molecule has 0 unspecified atom stereocenters. The molecule has 0 saturated heterocycles. The Balaban J connectivity index is 1.87. The van der Waals surface area contributed by atoms with Crippen molar-refractivity contribution < 1.29 is 4.57 Å². The summed E-state index contributed by atoms with van der Waals surface area (Å²) in [6, 6.07) is 19.2. The van der Waals surface area contributed by atoms with E-state index in [1.807, 2.05) is 66.7 Å². The van der Waals surface area contributed by atoms with Crippen LogP contribution in [0.2, 0.25) is 0 Å². The molecule has 2 rings (SSSR count). The number of benzene rings is 2. The summed E-state index contributed by atoms with van der Waals surface area (Å²) < 4.78 is 13.7. The van der Waals surface area contributed by atoms with Crippen molar-refractivity contribution in [3.63, 3.8) is 0 Å². The summed E-state index contributed by atoms with van der Waals surface area (Å²) >= 11 is 0. The van der Waals surface area contributed by atoms with Gasteiger partial charge in [-0.25, -0.2) is 0 Å². The molecule has 0 atom stereocenters. The highest BCUT2D eigenvalue weighted by Crippen LogP contribution is 2.41. The molecule has 0 fully saturated rings. The van der Waals surface area contributed by atoms with Crippen LogP contribution in [-0.2, 0) is 4.57 Å². The SMILES string of the molecule is C=CCCCCC#CCCCCC#CP(=O)(c1ccccc1)c1ccccc1. The zero-order chi connectivity index (χ0) is 19.9. The van der Waals surface area contributed by atoms with Crippen LogP contribution >= 0.6 is 7.14 Å². The van der Waals surface area contributed by atoms with Crippen molar-refractivity contribution >= 4 is 17.8 Å². The van der Waals surface area contributed by atoms with E-state index in [4.69, 9.17) is 0 Å². The number of allylic oxidation sites excluding steroid dienone is 1. The lowest BCUT2D eigenvalue weighted by atomic mass is 10.1. The largest absolute Gasteiger partial charge is 0.300 e. The van der Waals surface area contributed by atoms with Gasteiger partial charge >= 0.3 is 0 Å². The average Bonchev–Trinajstić information content (AvgIpc) is 2.75. The van der Waals surface area contributed by atoms with Gasteiger partial charge in [-0.3, -0.25) is 4.57 Å². The molecule has 0 radical (unpaired) electrons. The van der Waals surface area contributed by atoms with Crippen LogP contribution in [0, 0.1) is 23.4 Å². The minimum atomic E-state index is -2.90. The number of rotatable bonds is 9. The van der Waals surface area contributed by atoms with Crippen LogP contribution in [0.15, 0.2) is 73.3 Å². The molecular weight excluding hydrogens is 359 g/mol. The van der Waals surface area contributed by atoms with Gasteiger partial charge in [0.25, 0.3) is 0 Å². The number of unbranched alkanes of at least 4 members (excludes halogenated alkanes) is 6. The zero-order valence-corrected chi connectivity index (χ0v) is 17.5. The molecule has 0 heterocycles. The Morgan fingerprint density at radius 3 is 1.68 bits per heavy atom. The Morgan fingerprint density at radius 1 is 0.714 bits per heavy atom. The first-order valence-corrected chi connectivity index (χ1v) is 11.8. The van der Waals surface area contributed by atoms with E-state index in [0.717, 1.165) is 55.6 Å². The van der Waals surface area contributed by atoms with Gasteiger partial charge in [-0.05, 0) is 37.8 Å². The van der Waals surface area contributed by atoms with E-state index in [1.165, 1.54) is 6.42 Å². The van der Waals surface area contributed by atoms with Gasteiger partial charge in [0.1, 0.15) is 0 Å². The van der Waals surface area contributed by atoms with Crippen molar-refractivity contribution in [1.29, 1.82) is 0 Å². The molecule has 0 aliphatic rings. The van der Waals surface area contributed by atoms with Gasteiger partial charge in [0.05, 0.1) is 0 Å². The van der Waals surface area contributed by atoms with Crippen molar-refractivity contribution in [2.45, 2.75) is 51.4 Å². The summed E-state index contributed by atoms with van der Waals surface area (Å²) in [5.41, 5.74) is 3.12. The third-order valence-corrected chi connectivity index (χ3v) is 6.94. The second kappa shape index (κ2) is 12.8. The summed E-state index contributed by atoms with van der Waals surface area (Å²) in [5.74, 6) is 9.66. The molecular formula is C26H29OP. The van der Waals surface area contributed by atoms with Crippen LogP contribution in [0.25, 0.3) is 0 Å². The van der Waals surface area contributed by atoms with E-state index >= 15 is 0 Å². The van der Waals surface area contributed by atoms with Crippen LogP contribution in [0.1, 0.15) is 51.4 Å². The monoisotopic (exact) mass is 388 g/mol. The second-order valence-corrected chi connectivity index (χ2v) is 9.14. The summed E-state index contributed by atoms with van der Waals surface area (Å²) in [6.07, 6.45) is 10.0. The summed E-state index contributed by atoms with van der Waals surface area (Å²) in [7, 11) is -2.90. The topological polar surface area (TPSA) is 17.1 Å². The molecule has 1 nitrogen and oxygen atoms in total. The normalized spacial score (nSPS) is 10.3. The predicted molar refractivity (Wildman–Crippen MR) is 122 cm³/mol. The molecule has 0 aliphatic carbocycles. The summed E-state index contributed by atoms with van der Waals surface area (Å²) in [6.45, 7) is 3.73. The highest BCUT2D eigenvalue weighted by atomic mass is 31.2. The Bertz CT molecular complexity index is 833. The Labute approximate surface area is 170 Å². The fourth-order valence-corrected chi connectivity index (χ4v) is 4.90. The molecule has 144 valence electrons. The van der Waals surface area contributed by atoms with Gasteiger partial charge in [0, 0.05) is 29.9 Å². The van der Waals surface area contributed by atoms with Crippen molar-refractivity contribution in [3.8, 4) is 23.4 Å². The van der Waals surface area contributed by atoms with E-state index < -0.39 is 7.14 Å². The molecule has 0 saturated carbocycles. The van der Waals surface area contributed by atoms with Gasteiger partial charge in [-0.1, -0.05) is 72.7 Å². The molecule has 0 spiro atoms. The van der Waals surface area contributed by atoms with Crippen LogP contribution < -0.4 is 10.6 Å². The third kappa shape index (κ3) is 7.27. The molecule has 0 bridgehead atoms. The predicted octanol–water partition coefficient (Wildman–Crippen LogP) is 6.27. The Morgan fingerprint density at radius 2 is 1.18 bits per heavy atom. The van der Waals surface area contributed by atoms with Crippen molar-refractivity contribution in [1.82, 2.24) is 0 Å². The first-order chi connectivity index (χ1) is 13.8. The average molecular weight is 388 g/mol. The van der Waals surface area contributed by atoms with E-state index in [9.17, 15) is 4.57 Å². The second-order valence-electron chi connectivity index (χ2n) is 6.66. The van der Waals surface area contributed by atoms with Crippen molar-refractivity contribution in [3.05, 3.63) is 73.3 Å². The fraction of sp³-hybridized carbons (Fsp3) is 0.308. The van der Waals surface area contributed by atoms with Crippen LogP contribution in [0.5, 0.6) is 0 Å². The van der Waals surface area contributed by atoms with Gasteiger partial charge in [-0.2, -0.15) is 0 Å². The zero-order valence-electron chi connectivity index (χ0n) is 16.6. The Kier molecular flexibility index (Phi) is 10.0. The van der Waals surface area contributed by atoms with Crippen LogP contribution in [0.3, 0.4) is 0 Å². The standard InChI is InChI=1S/C26H29OP/c1-2-3-4-5-6-7-8-9-10-11-12-19-24-28(27,25-20-15-13-16-21-25)26-22-17-14-18-23-26/h2,13-18,20-23H,1,3-6,9-12H2. The first kappa shape index (κ1) is 21.8. The van der Waals surface area contributed by atoms with Crippen LogP contribution in [0.4, 0.5) is 0 Å². The number of hydrogen-bond acceptors (Lipinski definition) is 1. The highest BCUT2D eigenvalue weighted by molar-refractivity contribution is 7.83. The molecule has 0 N–H and O–H groups in total. The highest BCUT2D eigenvalue weighted by Gasteiger charge is 2.24. The minimum absolute atomic E-state index is 0.755. The molecule has 2 aromatic rings. The molecule has 2 heteroatoms. The van der Waals surface area contributed by atoms with Gasteiger partial charge < -0.3 is 0 Å². The lowest BCUT2D eigenvalue weighted by Gasteiger charge is -2.12. The number of hydrogen-bond donors (Lipinski definition) is 0. The lowest BCUT2D eigenvalue weighted by Crippen LogP contribution is -2.14. The molecule has 0 aromatic heterocycles. The van der Waals surface area contributed by atoms with E-state index in [-0.39, 0.29) is 0 Å². The molecule has 0 amide bonds. The summed E-state index contributed by atoms with van der Waals surface area (Å²) in [4.78, 5) is 0. The van der Waals surface area contributed by atoms with Gasteiger partial charge in [-0.15, -0.1) is 18.4 Å². The quantitative estimate of drug-likeness (QED) is 0.214. The first-order valence-electron chi connectivity index (χ1n) is 10.1. The third-order valence-electron chi connectivity index (χ3n) is 4.41. The van der Waals surface area contributed by atoms with Gasteiger partial charge in [0.2, 0.25) is 7.14 Å². The van der Waals surface area contributed by atoms with Gasteiger partial charge in [0.15, 0.2) is 0 Å². The Hall–Kier alpha value is -2.47. The van der Waals surface area contributed by atoms with E-state index in [1.54, 1.807) is 0 Å². The maximum Gasteiger partial charge on any atom is 0.210 e. The maximum atomic E-state index is 13.7. The fourth-order valence-electron chi connectivity index (χ4n) is 2.83. The van der Waals surface area contributed by atoms with Crippen molar-refractivity contribution in [2.75, 3.05) is 0 Å². The minimum Gasteiger partial charge on any atom is -0.300 e. The van der Waals surface area contributed by atoms with Crippen LogP contribution in [-0.4, -0.2) is 0 Å².